The lowest BCUT2D eigenvalue weighted by Crippen LogP contribution is -2.45. The molecule has 3 N–H and O–H groups in total. The molecule has 0 unspecified atom stereocenters. The first kappa shape index (κ1) is 20.6. The highest BCUT2D eigenvalue weighted by Gasteiger charge is 2.38. The highest BCUT2D eigenvalue weighted by atomic mass is 19.1. The number of carbonyl (C=O) groups is 1. The molecule has 152 valence electrons. The fourth-order valence-corrected chi connectivity index (χ4v) is 3.97. The number of nitrogens with one attached hydrogen (secondary N) is 2. The third-order valence-electron chi connectivity index (χ3n) is 5.63. The van der Waals surface area contributed by atoms with Crippen LogP contribution in [0, 0.1) is 17.1 Å². The van der Waals surface area contributed by atoms with Gasteiger partial charge in [-0.15, -0.1) is 0 Å². The second-order valence-corrected chi connectivity index (χ2v) is 7.38. The Morgan fingerprint density at radius 1 is 1.28 bits per heavy atom. The van der Waals surface area contributed by atoms with E-state index in [4.69, 9.17) is 9.94 Å². The summed E-state index contributed by atoms with van der Waals surface area (Å²) < 4.78 is 18.7. The largest absolute Gasteiger partial charge is 0.496 e. The summed E-state index contributed by atoms with van der Waals surface area (Å²) in [5.74, 6) is 0.444. The fourth-order valence-electron chi connectivity index (χ4n) is 3.97. The van der Waals surface area contributed by atoms with Crippen molar-refractivity contribution < 1.29 is 19.1 Å². The summed E-state index contributed by atoms with van der Waals surface area (Å²) in [4.78, 5) is 11.3. The molecule has 0 atom stereocenters. The van der Waals surface area contributed by atoms with Crippen LogP contribution in [-0.2, 0) is 11.8 Å². The molecule has 0 saturated heterocycles. The second kappa shape index (κ2) is 8.93. The van der Waals surface area contributed by atoms with Crippen LogP contribution in [0.25, 0.3) is 0 Å². The molecule has 2 aromatic carbocycles. The third-order valence-corrected chi connectivity index (χ3v) is 5.63. The zero-order valence-corrected chi connectivity index (χ0v) is 16.2. The number of amides is 2. The maximum atomic E-state index is 13.2. The molecule has 0 heterocycles. The van der Waals surface area contributed by atoms with Gasteiger partial charge in [0.25, 0.3) is 0 Å². The molecule has 7 heteroatoms. The van der Waals surface area contributed by atoms with E-state index in [1.807, 2.05) is 18.2 Å². The summed E-state index contributed by atoms with van der Waals surface area (Å²) in [5, 5.41) is 21.3. The Labute approximate surface area is 169 Å². The van der Waals surface area contributed by atoms with Gasteiger partial charge in [0.15, 0.2) is 0 Å². The van der Waals surface area contributed by atoms with Crippen molar-refractivity contribution in [2.45, 2.75) is 43.6 Å². The van der Waals surface area contributed by atoms with E-state index < -0.39 is 11.4 Å². The topological polar surface area (TPSA) is 94.4 Å². The van der Waals surface area contributed by atoms with E-state index in [2.05, 4.69) is 11.4 Å². The molecule has 3 rings (SSSR count). The highest BCUT2D eigenvalue weighted by Crippen LogP contribution is 2.40. The second-order valence-electron chi connectivity index (χ2n) is 7.38. The minimum absolute atomic E-state index is 0.0828. The number of benzene rings is 2. The fraction of sp³-hybridized carbons (Fsp3) is 0.364. The van der Waals surface area contributed by atoms with Crippen molar-refractivity contribution in [1.82, 2.24) is 10.8 Å². The number of nitriles is 1. The summed E-state index contributed by atoms with van der Waals surface area (Å²) in [6.45, 7) is 0. The van der Waals surface area contributed by atoms with Crippen LogP contribution in [0.3, 0.4) is 0 Å². The molecule has 6 nitrogen and oxygen atoms in total. The molecule has 1 aliphatic rings. The van der Waals surface area contributed by atoms with Gasteiger partial charge in [-0.05, 0) is 60.6 Å². The van der Waals surface area contributed by atoms with E-state index in [-0.39, 0.29) is 11.9 Å². The van der Waals surface area contributed by atoms with E-state index in [9.17, 15) is 14.4 Å². The van der Waals surface area contributed by atoms with Gasteiger partial charge in [0.1, 0.15) is 11.6 Å². The first-order chi connectivity index (χ1) is 14.0. The van der Waals surface area contributed by atoms with Crippen LogP contribution < -0.4 is 15.5 Å². The molecular weight excluding hydrogens is 373 g/mol. The molecule has 1 saturated carbocycles. The Bertz CT molecular complexity index is 901. The molecule has 1 fully saturated rings. The summed E-state index contributed by atoms with van der Waals surface area (Å²) in [5.41, 5.74) is 3.74. The van der Waals surface area contributed by atoms with E-state index in [1.165, 1.54) is 12.1 Å². The van der Waals surface area contributed by atoms with Crippen molar-refractivity contribution in [2.75, 3.05) is 7.11 Å². The number of hydrogen-bond acceptors (Lipinski definition) is 4. The lowest BCUT2D eigenvalue weighted by atomic mass is 9.69. The van der Waals surface area contributed by atoms with Crippen LogP contribution in [0.2, 0.25) is 0 Å². The lowest BCUT2D eigenvalue weighted by Gasteiger charge is -2.35. The number of ether oxygens (including phenoxy) is 1. The zero-order chi connectivity index (χ0) is 20.9. The van der Waals surface area contributed by atoms with Crippen molar-refractivity contribution in [2.24, 2.45) is 0 Å². The highest BCUT2D eigenvalue weighted by molar-refractivity contribution is 5.72. The molecule has 0 spiro atoms. The van der Waals surface area contributed by atoms with E-state index in [0.29, 0.717) is 32.1 Å². The van der Waals surface area contributed by atoms with Crippen molar-refractivity contribution in [3.63, 3.8) is 0 Å². The Morgan fingerprint density at radius 2 is 1.97 bits per heavy atom. The Hall–Kier alpha value is -3.11. The minimum Gasteiger partial charge on any atom is -0.496 e. The van der Waals surface area contributed by atoms with Crippen LogP contribution in [-0.4, -0.2) is 24.4 Å². The maximum Gasteiger partial charge on any atom is 0.338 e. The van der Waals surface area contributed by atoms with Gasteiger partial charge in [-0.25, -0.2) is 14.7 Å². The summed E-state index contributed by atoms with van der Waals surface area (Å²) in [6.07, 6.45) is 3.05. The number of hydroxylamine groups is 1. The van der Waals surface area contributed by atoms with Gasteiger partial charge in [-0.3, -0.25) is 5.21 Å². The molecule has 0 bridgehead atoms. The Morgan fingerprint density at radius 3 is 2.55 bits per heavy atom. The molecule has 2 aromatic rings. The van der Waals surface area contributed by atoms with Gasteiger partial charge >= 0.3 is 6.03 Å². The average molecular weight is 397 g/mol. The number of halogens is 1. The summed E-state index contributed by atoms with van der Waals surface area (Å²) in [7, 11) is 1.60. The zero-order valence-electron chi connectivity index (χ0n) is 16.2. The smallest absolute Gasteiger partial charge is 0.338 e. The normalized spacial score (nSPS) is 21.1. The summed E-state index contributed by atoms with van der Waals surface area (Å²) >= 11 is 0. The molecule has 0 aromatic heterocycles. The van der Waals surface area contributed by atoms with Gasteiger partial charge < -0.3 is 10.1 Å². The van der Waals surface area contributed by atoms with E-state index in [1.54, 1.807) is 24.7 Å². The first-order valence-corrected chi connectivity index (χ1v) is 9.53. The molecule has 0 radical (unpaired) electrons. The van der Waals surface area contributed by atoms with E-state index in [0.717, 1.165) is 22.4 Å². The number of hydrogen-bond donors (Lipinski definition) is 3. The predicted octanol–water partition coefficient (Wildman–Crippen LogP) is 3.82. The van der Waals surface area contributed by atoms with Crippen molar-refractivity contribution >= 4 is 6.03 Å². The van der Waals surface area contributed by atoms with Gasteiger partial charge in [-0.1, -0.05) is 24.3 Å². The standard InChI is InChI=1S/C22H24FN3O3/c1-29-20-7-4-17(13-16(20)12-15-2-5-18(23)6-3-15)22(14-24)10-8-19(9-11-22)25-21(27)26-28/h2-7,13,19,28H,8-12H2,1H3,(H2,25,26,27). The molecular formula is C22H24FN3O3. The number of carbonyl (C=O) groups excluding carboxylic acids is 1. The predicted molar refractivity (Wildman–Crippen MR) is 105 cm³/mol. The van der Waals surface area contributed by atoms with Gasteiger partial charge in [0.05, 0.1) is 18.6 Å². The van der Waals surface area contributed by atoms with E-state index >= 15 is 0 Å². The Balaban J connectivity index is 1.83. The molecule has 1 aliphatic carbocycles. The minimum atomic E-state index is -0.641. The van der Waals surface area contributed by atoms with Crippen molar-refractivity contribution in [1.29, 1.82) is 5.26 Å². The van der Waals surface area contributed by atoms with Crippen molar-refractivity contribution in [3.8, 4) is 11.8 Å². The Kier molecular flexibility index (Phi) is 6.35. The number of rotatable bonds is 5. The lowest BCUT2D eigenvalue weighted by molar-refractivity contribution is 0.155. The van der Waals surface area contributed by atoms with Crippen molar-refractivity contribution in [3.05, 3.63) is 65.0 Å². The third kappa shape index (κ3) is 4.66. The van der Waals surface area contributed by atoms with Crippen LogP contribution in [0.1, 0.15) is 42.4 Å². The molecule has 2 amide bonds. The monoisotopic (exact) mass is 397 g/mol. The first-order valence-electron chi connectivity index (χ1n) is 9.53. The quantitative estimate of drug-likeness (QED) is 0.528. The number of nitrogens with zero attached hydrogens (tertiary/aromatic N) is 1. The average Bonchev–Trinajstić information content (AvgIpc) is 2.76. The van der Waals surface area contributed by atoms with Crippen LogP contribution >= 0.6 is 0 Å². The molecule has 29 heavy (non-hydrogen) atoms. The van der Waals surface area contributed by atoms with Gasteiger partial charge in [0, 0.05) is 12.5 Å². The summed E-state index contributed by atoms with van der Waals surface area (Å²) in [6, 6.07) is 13.9. The van der Waals surface area contributed by atoms with Gasteiger partial charge in [0.2, 0.25) is 0 Å². The van der Waals surface area contributed by atoms with Crippen LogP contribution in [0.15, 0.2) is 42.5 Å². The SMILES string of the molecule is COc1ccc(C2(C#N)CCC(NC(=O)NO)CC2)cc1Cc1ccc(F)cc1. The van der Waals surface area contributed by atoms with Gasteiger partial charge in [-0.2, -0.15) is 5.26 Å². The number of urea groups is 1. The van der Waals surface area contributed by atoms with Crippen LogP contribution in [0.4, 0.5) is 9.18 Å². The van der Waals surface area contributed by atoms with Crippen LogP contribution in [0.5, 0.6) is 5.75 Å². The molecule has 0 aliphatic heterocycles. The number of methoxy groups -OCH3 is 1. The maximum absolute atomic E-state index is 13.2.